The highest BCUT2D eigenvalue weighted by Crippen LogP contribution is 2.31. The molecule has 1 aliphatic carbocycles. The second-order valence-corrected chi connectivity index (χ2v) is 5.37. The summed E-state index contributed by atoms with van der Waals surface area (Å²) in [7, 11) is 0. The highest BCUT2D eigenvalue weighted by Gasteiger charge is 2.37. The Labute approximate surface area is 90.1 Å². The number of nitrogens with two attached hydrogens (primary N) is 1. The van der Waals surface area contributed by atoms with E-state index < -0.39 is 0 Å². The maximum atomic E-state index is 5.88. The zero-order valence-corrected chi connectivity index (χ0v) is 9.59. The number of guanidine groups is 1. The molecule has 0 amide bonds. The molecule has 3 nitrogen and oxygen atoms in total. The minimum Gasteiger partial charge on any atom is -0.370 e. The molecule has 1 fully saturated rings. The largest absolute Gasteiger partial charge is 0.370 e. The molecular formula is C10H19N3S. The van der Waals surface area contributed by atoms with Crippen LogP contribution in [0, 0.1) is 0 Å². The van der Waals surface area contributed by atoms with E-state index in [1.54, 1.807) is 0 Å². The standard InChI is InChI=1S/C10H19N3S/c1-2-14-6-5-9-7-12-10(11)13(9)8-3-4-8/h8-9H,2-7H2,1H3,(H2,11,12). The van der Waals surface area contributed by atoms with Crippen LogP contribution in [-0.2, 0) is 0 Å². The van der Waals surface area contributed by atoms with Crippen molar-refractivity contribution < 1.29 is 0 Å². The molecule has 1 aliphatic heterocycles. The van der Waals surface area contributed by atoms with E-state index in [1.807, 2.05) is 11.8 Å². The summed E-state index contributed by atoms with van der Waals surface area (Å²) in [5.41, 5.74) is 5.88. The van der Waals surface area contributed by atoms with Gasteiger partial charge in [-0.3, -0.25) is 4.99 Å². The first-order valence-electron chi connectivity index (χ1n) is 5.49. The Kier molecular flexibility index (Phi) is 3.21. The molecule has 2 N–H and O–H groups in total. The Morgan fingerprint density at radius 2 is 2.36 bits per heavy atom. The number of hydrogen-bond donors (Lipinski definition) is 1. The lowest BCUT2D eigenvalue weighted by molar-refractivity contribution is 0.325. The summed E-state index contributed by atoms with van der Waals surface area (Å²) in [6.45, 7) is 3.13. The van der Waals surface area contributed by atoms with Gasteiger partial charge in [0.05, 0.1) is 12.6 Å². The quantitative estimate of drug-likeness (QED) is 0.700. The Hall–Kier alpha value is -0.380. The highest BCUT2D eigenvalue weighted by molar-refractivity contribution is 7.99. The molecule has 80 valence electrons. The third kappa shape index (κ3) is 2.16. The van der Waals surface area contributed by atoms with E-state index >= 15 is 0 Å². The van der Waals surface area contributed by atoms with Crippen molar-refractivity contribution in [1.29, 1.82) is 0 Å². The monoisotopic (exact) mass is 213 g/mol. The van der Waals surface area contributed by atoms with Crippen molar-refractivity contribution in [2.45, 2.75) is 38.3 Å². The van der Waals surface area contributed by atoms with Crippen molar-refractivity contribution in [3.63, 3.8) is 0 Å². The van der Waals surface area contributed by atoms with Gasteiger partial charge in [0.15, 0.2) is 5.96 Å². The van der Waals surface area contributed by atoms with Gasteiger partial charge in [0, 0.05) is 6.04 Å². The summed E-state index contributed by atoms with van der Waals surface area (Å²) >= 11 is 2.01. The first kappa shape index (κ1) is 10.1. The van der Waals surface area contributed by atoms with Gasteiger partial charge in [-0.05, 0) is 30.8 Å². The van der Waals surface area contributed by atoms with Crippen LogP contribution >= 0.6 is 11.8 Å². The third-order valence-corrected chi connectivity index (χ3v) is 3.79. The fraction of sp³-hybridized carbons (Fsp3) is 0.900. The first-order chi connectivity index (χ1) is 6.83. The molecule has 1 saturated carbocycles. The van der Waals surface area contributed by atoms with Crippen molar-refractivity contribution in [3.05, 3.63) is 0 Å². The average molecular weight is 213 g/mol. The number of rotatable bonds is 5. The number of hydrogen-bond acceptors (Lipinski definition) is 4. The molecule has 1 heterocycles. The minimum absolute atomic E-state index is 0.599. The van der Waals surface area contributed by atoms with Crippen LogP contribution in [0.1, 0.15) is 26.2 Å². The van der Waals surface area contributed by atoms with Crippen molar-refractivity contribution in [2.75, 3.05) is 18.1 Å². The van der Waals surface area contributed by atoms with Crippen LogP contribution < -0.4 is 5.73 Å². The minimum atomic E-state index is 0.599. The molecule has 0 radical (unpaired) electrons. The van der Waals surface area contributed by atoms with E-state index in [4.69, 9.17) is 5.73 Å². The lowest BCUT2D eigenvalue weighted by Crippen LogP contribution is -2.42. The van der Waals surface area contributed by atoms with Gasteiger partial charge >= 0.3 is 0 Å². The first-order valence-corrected chi connectivity index (χ1v) is 6.64. The van der Waals surface area contributed by atoms with E-state index in [9.17, 15) is 0 Å². The van der Waals surface area contributed by atoms with E-state index in [2.05, 4.69) is 16.8 Å². The number of nitrogens with zero attached hydrogens (tertiary/aromatic N) is 2. The van der Waals surface area contributed by atoms with Gasteiger partial charge in [-0.25, -0.2) is 0 Å². The predicted molar refractivity (Wildman–Crippen MR) is 62.8 cm³/mol. The zero-order valence-electron chi connectivity index (χ0n) is 8.78. The lowest BCUT2D eigenvalue weighted by atomic mass is 10.2. The summed E-state index contributed by atoms with van der Waals surface area (Å²) in [6.07, 6.45) is 3.86. The Bertz CT molecular complexity index is 225. The summed E-state index contributed by atoms with van der Waals surface area (Å²) in [6, 6.07) is 1.32. The molecule has 1 atom stereocenters. The van der Waals surface area contributed by atoms with Crippen LogP contribution in [-0.4, -0.2) is 41.0 Å². The van der Waals surface area contributed by atoms with Gasteiger partial charge in [0.1, 0.15) is 0 Å². The van der Waals surface area contributed by atoms with Crippen molar-refractivity contribution in [2.24, 2.45) is 10.7 Å². The number of thioether (sulfide) groups is 1. The van der Waals surface area contributed by atoms with Gasteiger partial charge in [-0.2, -0.15) is 11.8 Å². The molecule has 0 spiro atoms. The van der Waals surface area contributed by atoms with Crippen LogP contribution in [0.4, 0.5) is 0 Å². The summed E-state index contributed by atoms with van der Waals surface area (Å²) in [4.78, 5) is 6.71. The van der Waals surface area contributed by atoms with Crippen molar-refractivity contribution in [1.82, 2.24) is 4.90 Å². The zero-order chi connectivity index (χ0) is 9.97. The second kappa shape index (κ2) is 4.43. The SMILES string of the molecule is CCSCCC1CN=C(N)N1C1CC1. The summed E-state index contributed by atoms with van der Waals surface area (Å²) in [5.74, 6) is 3.25. The lowest BCUT2D eigenvalue weighted by Gasteiger charge is -2.25. The molecular weight excluding hydrogens is 194 g/mol. The summed E-state index contributed by atoms with van der Waals surface area (Å²) < 4.78 is 0. The van der Waals surface area contributed by atoms with Crippen LogP contribution in [0.2, 0.25) is 0 Å². The van der Waals surface area contributed by atoms with Gasteiger partial charge in [-0.15, -0.1) is 0 Å². The van der Waals surface area contributed by atoms with E-state index in [-0.39, 0.29) is 0 Å². The molecule has 4 heteroatoms. The van der Waals surface area contributed by atoms with Crippen LogP contribution in [0.15, 0.2) is 4.99 Å². The van der Waals surface area contributed by atoms with E-state index in [0.29, 0.717) is 6.04 Å². The van der Waals surface area contributed by atoms with Gasteiger partial charge in [-0.1, -0.05) is 6.92 Å². The maximum absolute atomic E-state index is 5.88. The second-order valence-electron chi connectivity index (χ2n) is 3.98. The van der Waals surface area contributed by atoms with Crippen LogP contribution in [0.3, 0.4) is 0 Å². The van der Waals surface area contributed by atoms with Gasteiger partial charge in [0.2, 0.25) is 0 Å². The van der Waals surface area contributed by atoms with E-state index in [0.717, 1.165) is 18.5 Å². The molecule has 2 rings (SSSR count). The van der Waals surface area contributed by atoms with E-state index in [1.165, 1.54) is 30.8 Å². The molecule has 14 heavy (non-hydrogen) atoms. The molecule has 0 saturated heterocycles. The molecule has 0 aromatic carbocycles. The predicted octanol–water partition coefficient (Wildman–Crippen LogP) is 1.29. The van der Waals surface area contributed by atoms with Crippen LogP contribution in [0.5, 0.6) is 0 Å². The normalized spacial score (nSPS) is 26.8. The fourth-order valence-electron chi connectivity index (χ4n) is 1.99. The highest BCUT2D eigenvalue weighted by atomic mass is 32.2. The molecule has 1 unspecified atom stereocenters. The third-order valence-electron chi connectivity index (χ3n) is 2.86. The van der Waals surface area contributed by atoms with Crippen molar-refractivity contribution >= 4 is 17.7 Å². The van der Waals surface area contributed by atoms with Crippen LogP contribution in [0.25, 0.3) is 0 Å². The number of aliphatic imine (C=N–C) groups is 1. The Morgan fingerprint density at radius 3 is 3.00 bits per heavy atom. The Balaban J connectivity index is 1.81. The average Bonchev–Trinajstić information content (AvgIpc) is 2.93. The van der Waals surface area contributed by atoms with Gasteiger partial charge in [0.25, 0.3) is 0 Å². The summed E-state index contributed by atoms with van der Waals surface area (Å²) in [5, 5.41) is 0. The fourth-order valence-corrected chi connectivity index (χ4v) is 2.71. The molecule has 0 bridgehead atoms. The Morgan fingerprint density at radius 1 is 1.57 bits per heavy atom. The molecule has 0 aromatic heterocycles. The van der Waals surface area contributed by atoms with Gasteiger partial charge < -0.3 is 10.6 Å². The topological polar surface area (TPSA) is 41.6 Å². The smallest absolute Gasteiger partial charge is 0.191 e. The molecule has 2 aliphatic rings. The maximum Gasteiger partial charge on any atom is 0.191 e. The van der Waals surface area contributed by atoms with Crippen molar-refractivity contribution in [3.8, 4) is 0 Å². The molecule has 0 aromatic rings.